The molecular formula is C22H34N8O3. The molecule has 2 fully saturated rings. The van der Waals surface area contributed by atoms with Gasteiger partial charge in [-0.3, -0.25) is 4.79 Å². The number of hydrogen-bond donors (Lipinski definition) is 3. The molecule has 4 heterocycles. The van der Waals surface area contributed by atoms with Crippen molar-refractivity contribution in [1.82, 2.24) is 29.8 Å². The fourth-order valence-corrected chi connectivity index (χ4v) is 4.07. The summed E-state index contributed by atoms with van der Waals surface area (Å²) in [7, 11) is 0. The average Bonchev–Trinajstić information content (AvgIpc) is 3.33. The molecular weight excluding hydrogens is 424 g/mol. The number of hydrogen-bond acceptors (Lipinski definition) is 8. The smallest absolute Gasteiger partial charge is 0.410 e. The minimum atomic E-state index is -0.504. The Morgan fingerprint density at radius 3 is 2.52 bits per heavy atom. The highest BCUT2D eigenvalue weighted by Crippen LogP contribution is 2.24. The largest absolute Gasteiger partial charge is 0.444 e. The predicted octanol–water partition coefficient (Wildman–Crippen LogP) is 2.36. The average molecular weight is 459 g/mol. The molecule has 33 heavy (non-hydrogen) atoms. The van der Waals surface area contributed by atoms with E-state index in [4.69, 9.17) is 9.72 Å². The number of aromatic nitrogens is 4. The van der Waals surface area contributed by atoms with Crippen molar-refractivity contribution in [3.63, 3.8) is 0 Å². The number of carbonyl (C=O) groups is 2. The van der Waals surface area contributed by atoms with Gasteiger partial charge in [-0.15, -0.1) is 0 Å². The van der Waals surface area contributed by atoms with Gasteiger partial charge in [0.15, 0.2) is 5.65 Å². The van der Waals surface area contributed by atoms with Crippen LogP contribution in [0.2, 0.25) is 0 Å². The molecule has 2 amide bonds. The molecule has 0 aliphatic carbocycles. The summed E-state index contributed by atoms with van der Waals surface area (Å²) in [5.74, 6) is 1.35. The molecule has 2 aliphatic heterocycles. The molecule has 0 spiro atoms. The van der Waals surface area contributed by atoms with E-state index in [1.54, 1.807) is 9.42 Å². The molecule has 3 N–H and O–H groups in total. The van der Waals surface area contributed by atoms with Crippen LogP contribution in [0.25, 0.3) is 5.65 Å². The summed E-state index contributed by atoms with van der Waals surface area (Å²) < 4.78 is 7.23. The van der Waals surface area contributed by atoms with Crippen LogP contribution in [0.1, 0.15) is 65.4 Å². The molecule has 2 aromatic rings. The summed E-state index contributed by atoms with van der Waals surface area (Å²) >= 11 is 0. The van der Waals surface area contributed by atoms with Crippen molar-refractivity contribution in [1.29, 1.82) is 0 Å². The van der Waals surface area contributed by atoms with Gasteiger partial charge in [-0.25, -0.2) is 4.79 Å². The van der Waals surface area contributed by atoms with Crippen LogP contribution in [0.5, 0.6) is 0 Å². The maximum atomic E-state index is 12.4. The van der Waals surface area contributed by atoms with E-state index in [1.807, 2.05) is 27.0 Å². The van der Waals surface area contributed by atoms with Crippen LogP contribution >= 0.6 is 0 Å². The third-order valence-electron chi connectivity index (χ3n) is 5.81. The Balaban J connectivity index is 1.50. The summed E-state index contributed by atoms with van der Waals surface area (Å²) in [6.45, 7) is 11.6. The first-order valence-corrected chi connectivity index (χ1v) is 11.6. The van der Waals surface area contributed by atoms with Crippen molar-refractivity contribution in [3.8, 4) is 0 Å². The van der Waals surface area contributed by atoms with Crippen LogP contribution < -0.4 is 16.0 Å². The molecule has 0 aromatic carbocycles. The molecule has 2 aliphatic rings. The van der Waals surface area contributed by atoms with Crippen molar-refractivity contribution in [3.05, 3.63) is 11.8 Å². The molecule has 11 nitrogen and oxygen atoms in total. The maximum Gasteiger partial charge on any atom is 0.410 e. The molecule has 2 saturated heterocycles. The predicted molar refractivity (Wildman–Crippen MR) is 124 cm³/mol. The zero-order valence-electron chi connectivity index (χ0n) is 20.0. The zero-order valence-corrected chi connectivity index (χ0v) is 20.0. The van der Waals surface area contributed by atoms with Gasteiger partial charge in [0.2, 0.25) is 17.8 Å². The summed E-state index contributed by atoms with van der Waals surface area (Å²) in [5, 5.41) is 14.1. The lowest BCUT2D eigenvalue weighted by atomic mass is 10.1. The zero-order chi connectivity index (χ0) is 23.8. The SMILES string of the molecule is CC(C)c1cnn2c(NC3CCN(C(=O)OC(C)(C)C)CC3)nc(N[C@@H]3CNC(=O)C3)nc12. The van der Waals surface area contributed by atoms with Crippen LogP contribution in [-0.4, -0.2) is 73.8 Å². The van der Waals surface area contributed by atoms with Crippen LogP contribution in [0.3, 0.4) is 0 Å². The fraction of sp³-hybridized carbons (Fsp3) is 0.682. The second-order valence-corrected chi connectivity index (χ2v) is 10.1. The quantitative estimate of drug-likeness (QED) is 0.623. The van der Waals surface area contributed by atoms with E-state index in [0.717, 1.165) is 24.1 Å². The number of likely N-dealkylation sites (tertiary alicyclic amines) is 1. The lowest BCUT2D eigenvalue weighted by Crippen LogP contribution is -2.44. The monoisotopic (exact) mass is 458 g/mol. The molecule has 0 bridgehead atoms. The van der Waals surface area contributed by atoms with Gasteiger partial charge in [0.25, 0.3) is 0 Å². The Morgan fingerprint density at radius 1 is 1.18 bits per heavy atom. The number of carbonyl (C=O) groups excluding carboxylic acids is 2. The summed E-state index contributed by atoms with van der Waals surface area (Å²) in [6.07, 6.45) is 3.50. The molecule has 2 aromatic heterocycles. The van der Waals surface area contributed by atoms with E-state index in [1.165, 1.54) is 0 Å². The third kappa shape index (κ3) is 5.45. The normalized spacial score (nSPS) is 19.8. The number of nitrogens with one attached hydrogen (secondary N) is 3. The second-order valence-electron chi connectivity index (χ2n) is 10.1. The van der Waals surface area contributed by atoms with Crippen molar-refractivity contribution >= 4 is 29.5 Å². The van der Waals surface area contributed by atoms with Crippen LogP contribution in [0.4, 0.5) is 16.7 Å². The summed E-state index contributed by atoms with van der Waals surface area (Å²) in [4.78, 5) is 35.1. The minimum Gasteiger partial charge on any atom is -0.444 e. The molecule has 1 atom stereocenters. The fourth-order valence-electron chi connectivity index (χ4n) is 4.07. The summed E-state index contributed by atoms with van der Waals surface area (Å²) in [6, 6.07) is 0.0892. The first kappa shape index (κ1) is 23.1. The van der Waals surface area contributed by atoms with Gasteiger partial charge < -0.3 is 25.6 Å². The van der Waals surface area contributed by atoms with Crippen molar-refractivity contribution in [2.24, 2.45) is 0 Å². The minimum absolute atomic E-state index is 0.0240. The molecule has 0 saturated carbocycles. The first-order chi connectivity index (χ1) is 15.6. The van der Waals surface area contributed by atoms with E-state index in [2.05, 4.69) is 39.9 Å². The van der Waals surface area contributed by atoms with E-state index >= 15 is 0 Å². The van der Waals surface area contributed by atoms with E-state index in [9.17, 15) is 9.59 Å². The Bertz CT molecular complexity index is 1020. The number of amides is 2. The van der Waals surface area contributed by atoms with Gasteiger partial charge in [0.1, 0.15) is 5.60 Å². The lowest BCUT2D eigenvalue weighted by molar-refractivity contribution is -0.119. The van der Waals surface area contributed by atoms with Crippen molar-refractivity contribution < 1.29 is 14.3 Å². The molecule has 180 valence electrons. The third-order valence-corrected chi connectivity index (χ3v) is 5.81. The van der Waals surface area contributed by atoms with Gasteiger partial charge in [-0.1, -0.05) is 13.8 Å². The Kier molecular flexibility index (Phi) is 6.31. The van der Waals surface area contributed by atoms with Crippen LogP contribution in [-0.2, 0) is 9.53 Å². The topological polar surface area (TPSA) is 126 Å². The number of nitrogens with zero attached hydrogens (tertiary/aromatic N) is 5. The van der Waals surface area contributed by atoms with Gasteiger partial charge in [-0.2, -0.15) is 19.6 Å². The van der Waals surface area contributed by atoms with Crippen molar-refractivity contribution in [2.75, 3.05) is 30.3 Å². The van der Waals surface area contributed by atoms with Gasteiger partial charge in [0.05, 0.1) is 12.2 Å². The van der Waals surface area contributed by atoms with E-state index in [0.29, 0.717) is 38.0 Å². The number of ether oxygens (including phenoxy) is 1. The highest BCUT2D eigenvalue weighted by atomic mass is 16.6. The van der Waals surface area contributed by atoms with Gasteiger partial charge in [-0.05, 0) is 39.5 Å². The second kappa shape index (κ2) is 9.03. The van der Waals surface area contributed by atoms with Crippen LogP contribution in [0.15, 0.2) is 6.20 Å². The number of anilines is 2. The Hall–Kier alpha value is -3.11. The number of fused-ring (bicyclic) bond motifs is 1. The molecule has 11 heteroatoms. The standard InChI is InChI=1S/C22H34N8O3/c1-13(2)16-12-24-30-18(16)27-19(25-15-10-17(31)23-11-15)28-20(30)26-14-6-8-29(9-7-14)21(32)33-22(3,4)5/h12-15H,6-11H2,1-5H3,(H,23,31)(H2,25,26,27,28)/t15-/m0/s1. The van der Waals surface area contributed by atoms with Crippen LogP contribution in [0, 0.1) is 0 Å². The van der Waals surface area contributed by atoms with E-state index in [-0.39, 0.29) is 30.0 Å². The molecule has 0 radical (unpaired) electrons. The Morgan fingerprint density at radius 2 is 1.91 bits per heavy atom. The van der Waals surface area contributed by atoms with Gasteiger partial charge >= 0.3 is 6.09 Å². The van der Waals surface area contributed by atoms with Crippen molar-refractivity contribution in [2.45, 2.75) is 77.5 Å². The van der Waals surface area contributed by atoms with E-state index < -0.39 is 5.60 Å². The maximum absolute atomic E-state index is 12.4. The molecule has 0 unspecified atom stereocenters. The summed E-state index contributed by atoms with van der Waals surface area (Å²) in [5.41, 5.74) is 1.27. The number of rotatable bonds is 5. The Labute approximate surface area is 193 Å². The highest BCUT2D eigenvalue weighted by molar-refractivity contribution is 5.79. The first-order valence-electron chi connectivity index (χ1n) is 11.6. The number of piperidine rings is 1. The highest BCUT2D eigenvalue weighted by Gasteiger charge is 2.28. The van der Waals surface area contributed by atoms with Gasteiger partial charge in [0, 0.05) is 37.7 Å². The lowest BCUT2D eigenvalue weighted by Gasteiger charge is -2.33. The molecule has 4 rings (SSSR count).